The number of hydrogen-bond donors (Lipinski definition) is 0. The van der Waals surface area contributed by atoms with Crippen molar-refractivity contribution in [3.63, 3.8) is 0 Å². The maximum atomic E-state index is 13.6. The van der Waals surface area contributed by atoms with Gasteiger partial charge in [0.2, 0.25) is 0 Å². The standard InChI is InChI=1S/C33H38N6O3/c1-35-13-3-15-37(19-17-35)24-25-5-11-30(28(21-25)23-34)31-12-8-27(33(40)38-16-4-14-36(2)18-20-38)22-32(31)26-6-9-29(10-7-26)39(41)42/h5-12,21-22H,3-4,13-20,24H2,1-2H3. The van der Waals surface area contributed by atoms with E-state index in [-0.39, 0.29) is 11.6 Å². The van der Waals surface area contributed by atoms with Crippen LogP contribution in [0.4, 0.5) is 5.69 Å². The van der Waals surface area contributed by atoms with Gasteiger partial charge in [0.05, 0.1) is 16.6 Å². The molecular weight excluding hydrogens is 528 g/mol. The molecule has 9 nitrogen and oxygen atoms in total. The fraction of sp³-hybridized carbons (Fsp3) is 0.394. The van der Waals surface area contributed by atoms with Gasteiger partial charge in [0.1, 0.15) is 0 Å². The molecule has 0 atom stereocenters. The summed E-state index contributed by atoms with van der Waals surface area (Å²) in [7, 11) is 4.22. The number of carbonyl (C=O) groups is 1. The van der Waals surface area contributed by atoms with Crippen molar-refractivity contribution in [3.8, 4) is 28.3 Å². The average Bonchev–Trinajstić information content (AvgIpc) is 3.35. The third kappa shape index (κ3) is 6.85. The van der Waals surface area contributed by atoms with E-state index in [1.54, 1.807) is 12.1 Å². The van der Waals surface area contributed by atoms with Gasteiger partial charge in [0, 0.05) is 62.5 Å². The number of nitro benzene ring substituents is 1. The Bertz CT molecular complexity index is 1480. The van der Waals surface area contributed by atoms with Crippen molar-refractivity contribution < 1.29 is 9.72 Å². The molecule has 218 valence electrons. The Hall–Kier alpha value is -4.10. The molecule has 0 saturated carbocycles. The topological polar surface area (TPSA) is 97.0 Å². The van der Waals surface area contributed by atoms with Crippen molar-refractivity contribution in [2.24, 2.45) is 0 Å². The fourth-order valence-corrected chi connectivity index (χ4v) is 5.88. The second-order valence-corrected chi connectivity index (χ2v) is 11.4. The average molecular weight is 567 g/mol. The summed E-state index contributed by atoms with van der Waals surface area (Å²) in [4.78, 5) is 33.4. The van der Waals surface area contributed by atoms with Gasteiger partial charge in [-0.15, -0.1) is 0 Å². The summed E-state index contributed by atoms with van der Waals surface area (Å²) in [6.07, 6.45) is 2.04. The van der Waals surface area contributed by atoms with Crippen LogP contribution in [-0.2, 0) is 6.54 Å². The normalized spacial score (nSPS) is 17.3. The van der Waals surface area contributed by atoms with Crippen LogP contribution < -0.4 is 0 Å². The Kier molecular flexibility index (Phi) is 9.28. The number of rotatable bonds is 6. The van der Waals surface area contributed by atoms with Crippen LogP contribution in [0.2, 0.25) is 0 Å². The molecule has 0 unspecified atom stereocenters. The van der Waals surface area contributed by atoms with E-state index in [0.29, 0.717) is 24.2 Å². The predicted octanol–water partition coefficient (Wildman–Crippen LogP) is 4.72. The van der Waals surface area contributed by atoms with Gasteiger partial charge in [-0.05, 0) is 99.2 Å². The minimum absolute atomic E-state index is 0.00277. The van der Waals surface area contributed by atoms with Crippen molar-refractivity contribution in [1.29, 1.82) is 5.26 Å². The van der Waals surface area contributed by atoms with Crippen molar-refractivity contribution in [2.45, 2.75) is 19.4 Å². The molecule has 9 heteroatoms. The summed E-state index contributed by atoms with van der Waals surface area (Å²) in [5.74, 6) is -0.0287. The number of likely N-dealkylation sites (N-methyl/N-ethyl adjacent to an activating group) is 2. The van der Waals surface area contributed by atoms with Gasteiger partial charge < -0.3 is 14.7 Å². The molecule has 2 aliphatic rings. The second kappa shape index (κ2) is 13.3. The number of amides is 1. The molecule has 0 N–H and O–H groups in total. The summed E-state index contributed by atoms with van der Waals surface area (Å²) in [5, 5.41) is 21.5. The van der Waals surface area contributed by atoms with E-state index in [1.807, 2.05) is 35.2 Å². The van der Waals surface area contributed by atoms with Crippen LogP contribution in [0, 0.1) is 21.4 Å². The number of non-ortho nitro benzene ring substituents is 1. The summed E-state index contributed by atoms with van der Waals surface area (Å²) in [5.41, 5.74) is 5.34. The number of nitro groups is 1. The Labute approximate surface area is 247 Å². The Morgan fingerprint density at radius 2 is 1.50 bits per heavy atom. The lowest BCUT2D eigenvalue weighted by atomic mass is 9.89. The van der Waals surface area contributed by atoms with E-state index in [0.717, 1.165) is 86.5 Å². The molecule has 1 amide bonds. The van der Waals surface area contributed by atoms with Gasteiger partial charge in [0.15, 0.2) is 0 Å². The van der Waals surface area contributed by atoms with Crippen molar-refractivity contribution >= 4 is 11.6 Å². The van der Waals surface area contributed by atoms with Crippen LogP contribution in [0.5, 0.6) is 0 Å². The Morgan fingerprint density at radius 3 is 2.21 bits per heavy atom. The molecule has 5 rings (SSSR count). The molecule has 0 aromatic heterocycles. The lowest BCUT2D eigenvalue weighted by Crippen LogP contribution is -2.34. The molecule has 42 heavy (non-hydrogen) atoms. The summed E-state index contributed by atoms with van der Waals surface area (Å²) in [6.45, 7) is 8.08. The largest absolute Gasteiger partial charge is 0.337 e. The number of nitriles is 1. The first-order valence-electron chi connectivity index (χ1n) is 14.6. The van der Waals surface area contributed by atoms with Gasteiger partial charge in [-0.3, -0.25) is 19.8 Å². The van der Waals surface area contributed by atoms with Crippen LogP contribution in [0.3, 0.4) is 0 Å². The van der Waals surface area contributed by atoms with E-state index in [1.165, 1.54) is 12.1 Å². The van der Waals surface area contributed by atoms with Crippen molar-refractivity contribution in [2.75, 3.05) is 66.5 Å². The molecule has 0 spiro atoms. The summed E-state index contributed by atoms with van der Waals surface area (Å²) >= 11 is 0. The zero-order chi connectivity index (χ0) is 29.6. The van der Waals surface area contributed by atoms with E-state index in [2.05, 4.69) is 40.9 Å². The summed E-state index contributed by atoms with van der Waals surface area (Å²) in [6, 6.07) is 20.4. The van der Waals surface area contributed by atoms with Crippen molar-refractivity contribution in [3.05, 3.63) is 87.5 Å². The monoisotopic (exact) mass is 566 g/mol. The number of carbonyl (C=O) groups excluding carboxylic acids is 1. The van der Waals surface area contributed by atoms with E-state index in [4.69, 9.17) is 0 Å². The number of hydrogen-bond acceptors (Lipinski definition) is 7. The van der Waals surface area contributed by atoms with Crippen LogP contribution in [0.15, 0.2) is 60.7 Å². The van der Waals surface area contributed by atoms with Crippen LogP contribution >= 0.6 is 0 Å². The van der Waals surface area contributed by atoms with E-state index in [9.17, 15) is 20.2 Å². The highest BCUT2D eigenvalue weighted by atomic mass is 16.6. The highest BCUT2D eigenvalue weighted by molar-refractivity contribution is 5.98. The maximum absolute atomic E-state index is 13.6. The third-order valence-corrected chi connectivity index (χ3v) is 8.38. The molecule has 2 fully saturated rings. The smallest absolute Gasteiger partial charge is 0.269 e. The van der Waals surface area contributed by atoms with Gasteiger partial charge in [0.25, 0.3) is 11.6 Å². The molecule has 3 aromatic rings. The van der Waals surface area contributed by atoms with E-state index < -0.39 is 4.92 Å². The Balaban J connectivity index is 1.51. The molecule has 0 bridgehead atoms. The van der Waals surface area contributed by atoms with Gasteiger partial charge in [-0.1, -0.05) is 18.2 Å². The second-order valence-electron chi connectivity index (χ2n) is 11.4. The number of benzene rings is 3. The molecule has 0 aliphatic carbocycles. The summed E-state index contributed by atoms with van der Waals surface area (Å²) < 4.78 is 0. The zero-order valence-corrected chi connectivity index (χ0v) is 24.5. The third-order valence-electron chi connectivity index (χ3n) is 8.38. The quantitative estimate of drug-likeness (QED) is 0.315. The van der Waals surface area contributed by atoms with Crippen LogP contribution in [0.25, 0.3) is 22.3 Å². The first kappa shape index (κ1) is 29.4. The van der Waals surface area contributed by atoms with Crippen LogP contribution in [-0.4, -0.2) is 96.9 Å². The molecular formula is C33H38N6O3. The Morgan fingerprint density at radius 1 is 0.810 bits per heavy atom. The maximum Gasteiger partial charge on any atom is 0.269 e. The molecule has 2 aliphatic heterocycles. The number of nitrogens with zero attached hydrogens (tertiary/aromatic N) is 6. The van der Waals surface area contributed by atoms with E-state index >= 15 is 0 Å². The fourth-order valence-electron chi connectivity index (χ4n) is 5.88. The van der Waals surface area contributed by atoms with Crippen molar-refractivity contribution in [1.82, 2.24) is 19.6 Å². The first-order valence-corrected chi connectivity index (χ1v) is 14.6. The van der Waals surface area contributed by atoms with Gasteiger partial charge in [-0.25, -0.2) is 0 Å². The highest BCUT2D eigenvalue weighted by Crippen LogP contribution is 2.36. The molecule has 0 radical (unpaired) electrons. The first-order chi connectivity index (χ1) is 20.3. The highest BCUT2D eigenvalue weighted by Gasteiger charge is 2.22. The minimum Gasteiger partial charge on any atom is -0.337 e. The lowest BCUT2D eigenvalue weighted by molar-refractivity contribution is -0.384. The van der Waals surface area contributed by atoms with Gasteiger partial charge in [-0.2, -0.15) is 5.26 Å². The molecule has 2 saturated heterocycles. The zero-order valence-electron chi connectivity index (χ0n) is 24.5. The SMILES string of the molecule is CN1CCCN(Cc2ccc(-c3ccc(C(=O)N4CCCN(C)CC4)cc3-c3ccc([N+](=O)[O-])cc3)c(C#N)c2)CC1. The predicted molar refractivity (Wildman–Crippen MR) is 164 cm³/mol. The minimum atomic E-state index is -0.421. The molecule has 3 aromatic carbocycles. The molecule has 2 heterocycles. The lowest BCUT2D eigenvalue weighted by Gasteiger charge is -2.22. The van der Waals surface area contributed by atoms with Gasteiger partial charge >= 0.3 is 0 Å². The van der Waals surface area contributed by atoms with Crippen LogP contribution in [0.1, 0.15) is 34.3 Å².